The number of hydrogen-bond acceptors (Lipinski definition) is 2. The third-order valence-electron chi connectivity index (χ3n) is 4.67. The molecule has 1 aliphatic rings. The van der Waals surface area contributed by atoms with Crippen molar-refractivity contribution in [2.45, 2.75) is 45.6 Å². The lowest BCUT2D eigenvalue weighted by atomic mass is 9.98. The smallest absolute Gasteiger partial charge is 0.0377 e. The number of nitrogens with zero attached hydrogens (tertiary/aromatic N) is 1. The zero-order valence-corrected chi connectivity index (χ0v) is 14.5. The second-order valence-electron chi connectivity index (χ2n) is 5.91. The predicted molar refractivity (Wildman–Crippen MR) is 91.5 cm³/mol. The Balaban J connectivity index is 2.11. The molecule has 0 saturated carbocycles. The molecule has 0 bridgehead atoms. The average molecular weight is 339 g/mol. The first kappa shape index (κ1) is 15.8. The lowest BCUT2D eigenvalue weighted by Gasteiger charge is -2.24. The molecule has 112 valence electrons. The summed E-state index contributed by atoms with van der Waals surface area (Å²) < 4.78 is 1.22. The fraction of sp³-hybridized carbons (Fsp3) is 0.647. The highest BCUT2D eigenvalue weighted by Crippen LogP contribution is 2.30. The summed E-state index contributed by atoms with van der Waals surface area (Å²) >= 11 is 3.73. The zero-order valence-electron chi connectivity index (χ0n) is 13.0. The van der Waals surface area contributed by atoms with E-state index in [2.05, 4.69) is 58.2 Å². The van der Waals surface area contributed by atoms with Gasteiger partial charge in [0.15, 0.2) is 0 Å². The Morgan fingerprint density at radius 2 is 2.15 bits per heavy atom. The summed E-state index contributed by atoms with van der Waals surface area (Å²) in [7, 11) is 2.00. The molecule has 0 aliphatic carbocycles. The van der Waals surface area contributed by atoms with E-state index >= 15 is 0 Å². The van der Waals surface area contributed by atoms with Crippen LogP contribution in [0.15, 0.2) is 22.7 Å². The monoisotopic (exact) mass is 338 g/mol. The zero-order chi connectivity index (χ0) is 14.5. The molecule has 3 heteroatoms. The molecular weight excluding hydrogens is 312 g/mol. The lowest BCUT2D eigenvalue weighted by molar-refractivity contribution is 0.459. The maximum absolute atomic E-state index is 3.73. The van der Waals surface area contributed by atoms with Gasteiger partial charge in [0.1, 0.15) is 0 Å². The number of benzene rings is 1. The van der Waals surface area contributed by atoms with Gasteiger partial charge in [0.25, 0.3) is 0 Å². The normalized spacial score (nSPS) is 21.6. The largest absolute Gasteiger partial charge is 0.371 e. The Morgan fingerprint density at radius 3 is 2.80 bits per heavy atom. The van der Waals surface area contributed by atoms with Crippen LogP contribution in [-0.2, 0) is 0 Å². The first-order valence-electron chi connectivity index (χ1n) is 7.87. The van der Waals surface area contributed by atoms with Crippen molar-refractivity contribution in [3.63, 3.8) is 0 Å². The highest BCUT2D eigenvalue weighted by molar-refractivity contribution is 9.10. The summed E-state index contributed by atoms with van der Waals surface area (Å²) in [5.41, 5.74) is 2.69. The minimum Gasteiger partial charge on any atom is -0.371 e. The Kier molecular flexibility index (Phi) is 5.91. The van der Waals surface area contributed by atoms with Crippen LogP contribution in [0.2, 0.25) is 0 Å². The molecule has 0 aromatic heterocycles. The van der Waals surface area contributed by atoms with Crippen LogP contribution in [0.3, 0.4) is 0 Å². The van der Waals surface area contributed by atoms with Gasteiger partial charge in [-0.25, -0.2) is 0 Å². The summed E-state index contributed by atoms with van der Waals surface area (Å²) in [6.45, 7) is 6.91. The van der Waals surface area contributed by atoms with Gasteiger partial charge in [0.2, 0.25) is 0 Å². The molecule has 0 radical (unpaired) electrons. The molecule has 2 nitrogen and oxygen atoms in total. The minimum absolute atomic E-state index is 0.382. The number of nitrogens with one attached hydrogen (secondary N) is 1. The number of rotatable bonds is 4. The third-order valence-corrected chi connectivity index (χ3v) is 5.36. The first-order valence-corrected chi connectivity index (χ1v) is 8.66. The Morgan fingerprint density at radius 1 is 1.35 bits per heavy atom. The Bertz CT molecular complexity index is 433. The van der Waals surface area contributed by atoms with Gasteiger partial charge in [-0.2, -0.15) is 0 Å². The van der Waals surface area contributed by atoms with E-state index in [0.29, 0.717) is 6.04 Å². The topological polar surface area (TPSA) is 15.3 Å². The van der Waals surface area contributed by atoms with E-state index in [1.54, 1.807) is 0 Å². The summed E-state index contributed by atoms with van der Waals surface area (Å²) in [5.74, 6) is 0.923. The van der Waals surface area contributed by atoms with Gasteiger partial charge in [-0.1, -0.05) is 35.3 Å². The molecule has 1 N–H and O–H groups in total. The fourth-order valence-corrected chi connectivity index (χ4v) is 3.76. The predicted octanol–water partition coefficient (Wildman–Crippen LogP) is 4.75. The Labute approximate surface area is 132 Å². The van der Waals surface area contributed by atoms with Crippen molar-refractivity contribution in [1.82, 2.24) is 5.32 Å². The molecule has 2 unspecified atom stereocenters. The van der Waals surface area contributed by atoms with E-state index < -0.39 is 0 Å². The van der Waals surface area contributed by atoms with Crippen molar-refractivity contribution in [1.29, 1.82) is 0 Å². The molecule has 1 heterocycles. The van der Waals surface area contributed by atoms with Crippen LogP contribution in [0.4, 0.5) is 5.69 Å². The standard InChI is InChI=1S/C17H27BrN2/c1-4-14-6-5-10-20(11-9-14)15-7-8-16(13(2)19-3)17(18)12-15/h7-8,12-14,19H,4-6,9-11H2,1-3H3. The average Bonchev–Trinajstić information content (AvgIpc) is 2.71. The van der Waals surface area contributed by atoms with Gasteiger partial charge in [0.05, 0.1) is 0 Å². The quantitative estimate of drug-likeness (QED) is 0.852. The molecule has 1 fully saturated rings. The molecular formula is C17H27BrN2. The molecule has 0 spiro atoms. The van der Waals surface area contributed by atoms with Crippen LogP contribution in [0.25, 0.3) is 0 Å². The molecule has 2 rings (SSSR count). The summed E-state index contributed by atoms with van der Waals surface area (Å²) in [6, 6.07) is 7.20. The third kappa shape index (κ3) is 3.76. The fourth-order valence-electron chi connectivity index (χ4n) is 3.05. The first-order chi connectivity index (χ1) is 9.65. The maximum atomic E-state index is 3.73. The van der Waals surface area contributed by atoms with Gasteiger partial charge in [-0.05, 0) is 56.8 Å². The number of halogens is 1. The highest BCUT2D eigenvalue weighted by atomic mass is 79.9. The van der Waals surface area contributed by atoms with E-state index in [9.17, 15) is 0 Å². The van der Waals surface area contributed by atoms with Crippen molar-refractivity contribution in [3.8, 4) is 0 Å². The highest BCUT2D eigenvalue weighted by Gasteiger charge is 2.17. The molecule has 1 aliphatic heterocycles. The van der Waals surface area contributed by atoms with Gasteiger partial charge in [0, 0.05) is 29.3 Å². The number of anilines is 1. The molecule has 2 atom stereocenters. The van der Waals surface area contributed by atoms with E-state index in [1.807, 2.05) is 7.05 Å². The van der Waals surface area contributed by atoms with Crippen LogP contribution in [0, 0.1) is 5.92 Å². The SMILES string of the molecule is CCC1CCCN(c2ccc(C(C)NC)c(Br)c2)CC1. The Hall–Kier alpha value is -0.540. The summed E-state index contributed by atoms with van der Waals surface area (Å²) in [4.78, 5) is 2.55. The van der Waals surface area contributed by atoms with E-state index in [4.69, 9.17) is 0 Å². The second-order valence-corrected chi connectivity index (χ2v) is 6.76. The van der Waals surface area contributed by atoms with Crippen LogP contribution >= 0.6 is 15.9 Å². The van der Waals surface area contributed by atoms with Crippen molar-refractivity contribution >= 4 is 21.6 Å². The van der Waals surface area contributed by atoms with Crippen molar-refractivity contribution in [2.75, 3.05) is 25.0 Å². The van der Waals surface area contributed by atoms with E-state index in [-0.39, 0.29) is 0 Å². The van der Waals surface area contributed by atoms with Gasteiger partial charge < -0.3 is 10.2 Å². The van der Waals surface area contributed by atoms with Gasteiger partial charge >= 0.3 is 0 Å². The molecule has 1 aromatic carbocycles. The van der Waals surface area contributed by atoms with Crippen LogP contribution in [0.1, 0.15) is 51.1 Å². The van der Waals surface area contributed by atoms with Gasteiger partial charge in [-0.15, -0.1) is 0 Å². The van der Waals surface area contributed by atoms with Gasteiger partial charge in [-0.3, -0.25) is 0 Å². The minimum atomic E-state index is 0.382. The van der Waals surface area contributed by atoms with Crippen LogP contribution in [0.5, 0.6) is 0 Å². The molecule has 1 aromatic rings. The maximum Gasteiger partial charge on any atom is 0.0377 e. The summed E-state index contributed by atoms with van der Waals surface area (Å²) in [6.07, 6.45) is 5.38. The number of hydrogen-bond donors (Lipinski definition) is 1. The second kappa shape index (κ2) is 7.46. The molecule has 20 heavy (non-hydrogen) atoms. The van der Waals surface area contributed by atoms with Crippen LogP contribution in [-0.4, -0.2) is 20.1 Å². The van der Waals surface area contributed by atoms with E-state index in [0.717, 1.165) is 5.92 Å². The molecule has 0 amide bonds. The van der Waals surface area contributed by atoms with E-state index in [1.165, 1.54) is 54.5 Å². The molecule has 1 saturated heterocycles. The lowest BCUT2D eigenvalue weighted by Crippen LogP contribution is -2.24. The van der Waals surface area contributed by atoms with Crippen molar-refractivity contribution in [3.05, 3.63) is 28.2 Å². The van der Waals surface area contributed by atoms with Crippen molar-refractivity contribution in [2.24, 2.45) is 5.92 Å². The van der Waals surface area contributed by atoms with Crippen LogP contribution < -0.4 is 10.2 Å². The van der Waals surface area contributed by atoms with Crippen molar-refractivity contribution < 1.29 is 0 Å². The summed E-state index contributed by atoms with van der Waals surface area (Å²) in [5, 5.41) is 3.30.